The monoisotopic (exact) mass is 200 g/mol. The molecule has 84 valence electrons. The molecule has 0 radical (unpaired) electrons. The van der Waals surface area contributed by atoms with Gasteiger partial charge in [0.25, 0.3) is 0 Å². The third kappa shape index (κ3) is 3.56. The highest BCUT2D eigenvalue weighted by Gasteiger charge is 2.24. The Morgan fingerprint density at radius 3 is 2.79 bits per heavy atom. The van der Waals surface area contributed by atoms with Gasteiger partial charge in [0.1, 0.15) is 0 Å². The van der Waals surface area contributed by atoms with Crippen molar-refractivity contribution in [3.05, 3.63) is 0 Å². The maximum absolute atomic E-state index is 5.68. The molecule has 1 saturated heterocycles. The maximum Gasteiger partial charge on any atom is 0.0509 e. The van der Waals surface area contributed by atoms with Crippen LogP contribution in [0.3, 0.4) is 0 Å². The molecule has 0 amide bonds. The molecule has 3 nitrogen and oxygen atoms in total. The summed E-state index contributed by atoms with van der Waals surface area (Å²) in [6.45, 7) is 10.2. The van der Waals surface area contributed by atoms with Crippen molar-refractivity contribution in [3.63, 3.8) is 0 Å². The van der Waals surface area contributed by atoms with Gasteiger partial charge < -0.3 is 15.8 Å². The molecule has 1 fully saturated rings. The lowest BCUT2D eigenvalue weighted by Gasteiger charge is -2.27. The van der Waals surface area contributed by atoms with Crippen LogP contribution in [0.4, 0.5) is 0 Å². The van der Waals surface area contributed by atoms with Crippen molar-refractivity contribution in [1.29, 1.82) is 0 Å². The van der Waals surface area contributed by atoms with Crippen molar-refractivity contribution in [1.82, 2.24) is 5.32 Å². The van der Waals surface area contributed by atoms with Crippen LogP contribution in [0, 0.1) is 11.3 Å². The summed E-state index contributed by atoms with van der Waals surface area (Å²) >= 11 is 0. The predicted molar refractivity (Wildman–Crippen MR) is 59.2 cm³/mol. The van der Waals surface area contributed by atoms with E-state index in [2.05, 4.69) is 26.1 Å². The molecule has 0 spiro atoms. The van der Waals surface area contributed by atoms with Gasteiger partial charge in [-0.1, -0.05) is 13.8 Å². The lowest BCUT2D eigenvalue weighted by Crippen LogP contribution is -2.42. The summed E-state index contributed by atoms with van der Waals surface area (Å²) in [7, 11) is 0. The average Bonchev–Trinajstić information content (AvgIpc) is 2.67. The van der Waals surface area contributed by atoms with Crippen molar-refractivity contribution < 1.29 is 4.74 Å². The summed E-state index contributed by atoms with van der Waals surface area (Å²) in [6.07, 6.45) is 1.19. The lowest BCUT2D eigenvalue weighted by molar-refractivity contribution is 0.176. The van der Waals surface area contributed by atoms with E-state index in [4.69, 9.17) is 10.5 Å². The van der Waals surface area contributed by atoms with Crippen LogP contribution in [0.25, 0.3) is 0 Å². The number of hydrogen-bond donors (Lipinski definition) is 2. The zero-order valence-electron chi connectivity index (χ0n) is 9.68. The summed E-state index contributed by atoms with van der Waals surface area (Å²) in [6, 6.07) is 0.545. The fourth-order valence-electron chi connectivity index (χ4n) is 1.62. The van der Waals surface area contributed by atoms with Crippen LogP contribution in [0.2, 0.25) is 0 Å². The van der Waals surface area contributed by atoms with Crippen molar-refractivity contribution in [2.24, 2.45) is 17.1 Å². The Morgan fingerprint density at radius 2 is 2.29 bits per heavy atom. The van der Waals surface area contributed by atoms with Crippen LogP contribution in [-0.2, 0) is 4.74 Å². The molecule has 2 atom stereocenters. The molecule has 1 aliphatic heterocycles. The summed E-state index contributed by atoms with van der Waals surface area (Å²) in [5.41, 5.74) is 5.88. The van der Waals surface area contributed by atoms with Gasteiger partial charge >= 0.3 is 0 Å². The fraction of sp³-hybridized carbons (Fsp3) is 1.00. The van der Waals surface area contributed by atoms with E-state index < -0.39 is 0 Å². The molecule has 14 heavy (non-hydrogen) atoms. The predicted octanol–water partition coefficient (Wildman–Crippen LogP) is 0.986. The third-order valence-corrected chi connectivity index (χ3v) is 3.13. The second kappa shape index (κ2) is 5.10. The van der Waals surface area contributed by atoms with E-state index in [0.717, 1.165) is 26.3 Å². The van der Waals surface area contributed by atoms with Crippen LogP contribution < -0.4 is 11.1 Å². The van der Waals surface area contributed by atoms with Crippen LogP contribution >= 0.6 is 0 Å². The molecule has 2 unspecified atom stereocenters. The molecule has 0 saturated carbocycles. The standard InChI is InChI=1S/C11H24N2O/c1-9(10-4-5-14-6-10)13-8-11(2,3)7-12/h9-10,13H,4-8,12H2,1-3H3. The lowest BCUT2D eigenvalue weighted by atomic mass is 9.92. The molecule has 0 aromatic carbocycles. The van der Waals surface area contributed by atoms with Crippen molar-refractivity contribution in [3.8, 4) is 0 Å². The molecule has 3 heteroatoms. The Balaban J connectivity index is 2.23. The first-order valence-corrected chi connectivity index (χ1v) is 5.56. The average molecular weight is 200 g/mol. The maximum atomic E-state index is 5.68. The first kappa shape index (κ1) is 12.0. The van der Waals surface area contributed by atoms with Gasteiger partial charge in [-0.2, -0.15) is 0 Å². The minimum atomic E-state index is 0.202. The Hall–Kier alpha value is -0.120. The van der Waals surface area contributed by atoms with Gasteiger partial charge in [-0.05, 0) is 31.2 Å². The van der Waals surface area contributed by atoms with E-state index in [1.165, 1.54) is 6.42 Å². The molecule has 0 aromatic heterocycles. The summed E-state index contributed by atoms with van der Waals surface area (Å²) < 4.78 is 5.37. The Bertz CT molecular complexity index is 165. The third-order valence-electron chi connectivity index (χ3n) is 3.13. The first-order chi connectivity index (χ1) is 6.55. The molecular formula is C11H24N2O. The highest BCUT2D eigenvalue weighted by Crippen LogP contribution is 2.18. The molecule has 3 N–H and O–H groups in total. The number of rotatable bonds is 5. The van der Waals surface area contributed by atoms with Gasteiger partial charge in [0.05, 0.1) is 6.61 Å². The Labute approximate surface area is 87.4 Å². The molecule has 1 aliphatic rings. The second-order valence-electron chi connectivity index (χ2n) is 5.16. The zero-order chi connectivity index (χ0) is 10.6. The van der Waals surface area contributed by atoms with Crippen molar-refractivity contribution in [2.45, 2.75) is 33.2 Å². The molecule has 0 aliphatic carbocycles. The molecule has 1 heterocycles. The van der Waals surface area contributed by atoms with Crippen LogP contribution in [-0.4, -0.2) is 32.3 Å². The quantitative estimate of drug-likeness (QED) is 0.695. The number of hydrogen-bond acceptors (Lipinski definition) is 3. The van der Waals surface area contributed by atoms with E-state index >= 15 is 0 Å². The number of nitrogens with two attached hydrogens (primary N) is 1. The molecule has 0 bridgehead atoms. The van der Waals surface area contributed by atoms with Crippen LogP contribution in [0.15, 0.2) is 0 Å². The van der Waals surface area contributed by atoms with E-state index in [1.54, 1.807) is 0 Å². The smallest absolute Gasteiger partial charge is 0.0509 e. The fourth-order valence-corrected chi connectivity index (χ4v) is 1.62. The molecule has 0 aromatic rings. The molecule has 1 rings (SSSR count). The Morgan fingerprint density at radius 1 is 1.57 bits per heavy atom. The topological polar surface area (TPSA) is 47.3 Å². The minimum Gasteiger partial charge on any atom is -0.381 e. The van der Waals surface area contributed by atoms with Crippen LogP contribution in [0.1, 0.15) is 27.2 Å². The number of nitrogens with one attached hydrogen (secondary N) is 1. The number of ether oxygens (including phenoxy) is 1. The van der Waals surface area contributed by atoms with Gasteiger partial charge in [-0.3, -0.25) is 0 Å². The van der Waals surface area contributed by atoms with Crippen molar-refractivity contribution >= 4 is 0 Å². The van der Waals surface area contributed by atoms with Gasteiger partial charge in [-0.25, -0.2) is 0 Å². The highest BCUT2D eigenvalue weighted by atomic mass is 16.5. The summed E-state index contributed by atoms with van der Waals surface area (Å²) in [5.74, 6) is 0.684. The second-order valence-corrected chi connectivity index (χ2v) is 5.16. The van der Waals surface area contributed by atoms with E-state index in [0.29, 0.717) is 12.0 Å². The van der Waals surface area contributed by atoms with E-state index in [-0.39, 0.29) is 5.41 Å². The normalized spacial score (nSPS) is 25.3. The largest absolute Gasteiger partial charge is 0.381 e. The SMILES string of the molecule is CC(NCC(C)(C)CN)C1CCOC1. The van der Waals surface area contributed by atoms with Gasteiger partial charge in [0.2, 0.25) is 0 Å². The Kier molecular flexibility index (Phi) is 4.35. The van der Waals surface area contributed by atoms with E-state index in [1.807, 2.05) is 0 Å². The minimum absolute atomic E-state index is 0.202. The zero-order valence-corrected chi connectivity index (χ0v) is 9.68. The van der Waals surface area contributed by atoms with Gasteiger partial charge in [0.15, 0.2) is 0 Å². The first-order valence-electron chi connectivity index (χ1n) is 5.56. The van der Waals surface area contributed by atoms with Gasteiger partial charge in [0, 0.05) is 19.2 Å². The van der Waals surface area contributed by atoms with E-state index in [9.17, 15) is 0 Å². The highest BCUT2D eigenvalue weighted by molar-refractivity contribution is 4.79. The summed E-state index contributed by atoms with van der Waals surface area (Å²) in [4.78, 5) is 0. The van der Waals surface area contributed by atoms with Gasteiger partial charge in [-0.15, -0.1) is 0 Å². The van der Waals surface area contributed by atoms with Crippen LogP contribution in [0.5, 0.6) is 0 Å². The summed E-state index contributed by atoms with van der Waals surface area (Å²) in [5, 5.41) is 3.56. The van der Waals surface area contributed by atoms with Crippen molar-refractivity contribution in [2.75, 3.05) is 26.3 Å². The molecular weight excluding hydrogens is 176 g/mol.